The molecule has 0 aromatic heterocycles. The lowest BCUT2D eigenvalue weighted by atomic mass is 10.1. The second-order valence-corrected chi connectivity index (χ2v) is 3.64. The van der Waals surface area contributed by atoms with E-state index in [1.165, 1.54) is 0 Å². The third kappa shape index (κ3) is 1.93. The minimum atomic E-state index is 0. The van der Waals surface area contributed by atoms with E-state index in [0.717, 1.165) is 16.5 Å². The van der Waals surface area contributed by atoms with Crippen molar-refractivity contribution in [3.63, 3.8) is 0 Å². The van der Waals surface area contributed by atoms with Crippen LogP contribution >= 0.6 is 0 Å². The molecule has 3 nitrogen and oxygen atoms in total. The van der Waals surface area contributed by atoms with Gasteiger partial charge in [0.25, 0.3) is 0 Å². The van der Waals surface area contributed by atoms with Crippen LogP contribution in [0.2, 0.25) is 0 Å². The van der Waals surface area contributed by atoms with Crippen LogP contribution in [0.1, 0.15) is 0 Å². The van der Waals surface area contributed by atoms with Crippen LogP contribution in [-0.4, -0.2) is 14.1 Å². The Bertz CT molecular complexity index is 543. The van der Waals surface area contributed by atoms with Gasteiger partial charge in [0.2, 0.25) is 5.39 Å². The van der Waals surface area contributed by atoms with Gasteiger partial charge in [0.15, 0.2) is 4.98 Å². The first-order valence-corrected chi connectivity index (χ1v) is 4.78. The first-order chi connectivity index (χ1) is 7.24. The van der Waals surface area contributed by atoms with E-state index in [9.17, 15) is 0 Å². The Morgan fingerprint density at radius 3 is 2.19 bits per heavy atom. The lowest BCUT2D eigenvalue weighted by Crippen LogP contribution is -3.00. The summed E-state index contributed by atoms with van der Waals surface area (Å²) in [5.74, 6) is 0. The van der Waals surface area contributed by atoms with Crippen molar-refractivity contribution in [2.45, 2.75) is 0 Å². The topological polar surface area (TPSA) is 31.4 Å². The summed E-state index contributed by atoms with van der Waals surface area (Å²) in [5.41, 5.74) is 1.73. The van der Waals surface area contributed by atoms with Crippen LogP contribution in [0.15, 0.2) is 36.4 Å². The van der Waals surface area contributed by atoms with Gasteiger partial charge in [-0.25, -0.2) is 0 Å². The highest BCUT2D eigenvalue weighted by molar-refractivity contribution is 6.02. The molecule has 4 heteroatoms. The average molecular weight is 234 g/mol. The van der Waals surface area contributed by atoms with Crippen LogP contribution < -0.4 is 17.3 Å². The first kappa shape index (κ1) is 12.3. The number of anilines is 1. The number of halogens is 1. The van der Waals surface area contributed by atoms with Crippen molar-refractivity contribution in [2.24, 2.45) is 0 Å². The van der Waals surface area contributed by atoms with Gasteiger partial charge in [0.1, 0.15) is 0 Å². The van der Waals surface area contributed by atoms with E-state index in [1.807, 2.05) is 55.4 Å². The van der Waals surface area contributed by atoms with Crippen LogP contribution in [0.3, 0.4) is 0 Å². The summed E-state index contributed by atoms with van der Waals surface area (Å²) in [6.45, 7) is 0. The smallest absolute Gasteiger partial charge is 0.392 e. The second-order valence-electron chi connectivity index (χ2n) is 3.64. The summed E-state index contributed by atoms with van der Waals surface area (Å²) in [7, 11) is 4.00. The number of diazo groups is 1. The number of hydrogen-bond acceptors (Lipinski definition) is 2. The quantitative estimate of drug-likeness (QED) is 0.668. The van der Waals surface area contributed by atoms with Gasteiger partial charge in [0.05, 0.1) is 5.39 Å². The van der Waals surface area contributed by atoms with E-state index in [1.54, 1.807) is 0 Å². The van der Waals surface area contributed by atoms with E-state index in [-0.39, 0.29) is 12.4 Å². The monoisotopic (exact) mass is 233 g/mol. The molecule has 0 bridgehead atoms. The molecule has 2 aromatic carbocycles. The number of benzene rings is 2. The average Bonchev–Trinajstić information content (AvgIpc) is 2.27. The van der Waals surface area contributed by atoms with Gasteiger partial charge in [-0.3, -0.25) is 0 Å². The molecule has 0 aliphatic rings. The Morgan fingerprint density at radius 2 is 1.62 bits per heavy atom. The lowest BCUT2D eigenvalue weighted by Gasteiger charge is -2.14. The summed E-state index contributed by atoms with van der Waals surface area (Å²) in [6, 6.07) is 11.7. The van der Waals surface area contributed by atoms with Gasteiger partial charge in [-0.2, -0.15) is 0 Å². The fourth-order valence-electron chi connectivity index (χ4n) is 1.74. The summed E-state index contributed by atoms with van der Waals surface area (Å²) >= 11 is 0. The van der Waals surface area contributed by atoms with Crippen LogP contribution in [-0.2, 0) is 0 Å². The normalized spacial score (nSPS) is 9.31. The summed E-state index contributed by atoms with van der Waals surface area (Å²) in [4.78, 5) is 5.33. The zero-order valence-corrected chi connectivity index (χ0v) is 9.94. The third-order valence-corrected chi connectivity index (χ3v) is 2.47. The number of nitrogens with zero attached hydrogens (tertiary/aromatic N) is 3. The number of fused-ring (bicyclic) bond motifs is 1. The minimum absolute atomic E-state index is 0. The van der Waals surface area contributed by atoms with Crippen molar-refractivity contribution in [2.75, 3.05) is 19.0 Å². The third-order valence-electron chi connectivity index (χ3n) is 2.47. The highest BCUT2D eigenvalue weighted by Crippen LogP contribution is 2.32. The van der Waals surface area contributed by atoms with Crippen LogP contribution in [0, 0.1) is 5.39 Å². The predicted octanol–water partition coefficient (Wildman–Crippen LogP) is 0.394. The standard InChI is InChI=1S/C12H12N3.ClH/c1-15(2)12-8-7-11(14-13)9-5-3-4-6-10(9)12;/h3-8H,1-2H3;1H/q+1;/p-1. The fraction of sp³-hybridized carbons (Fsp3) is 0.167. The summed E-state index contributed by atoms with van der Waals surface area (Å²) in [5, 5.41) is 10.9. The van der Waals surface area contributed by atoms with Gasteiger partial charge < -0.3 is 17.3 Å². The molecule has 16 heavy (non-hydrogen) atoms. The number of hydrogen-bond donors (Lipinski definition) is 0. The van der Waals surface area contributed by atoms with E-state index in [0.29, 0.717) is 5.69 Å². The molecule has 0 saturated heterocycles. The maximum Gasteiger partial charge on any atom is 0.392 e. The molecule has 0 spiro atoms. The molecule has 0 radical (unpaired) electrons. The zero-order valence-electron chi connectivity index (χ0n) is 9.18. The largest absolute Gasteiger partial charge is 1.00 e. The summed E-state index contributed by atoms with van der Waals surface area (Å²) in [6.07, 6.45) is 0. The molecule has 0 heterocycles. The van der Waals surface area contributed by atoms with Crippen molar-refractivity contribution < 1.29 is 12.4 Å². The lowest BCUT2D eigenvalue weighted by molar-refractivity contribution is -0.00000324. The Balaban J connectivity index is 0.00000128. The van der Waals surface area contributed by atoms with Crippen molar-refractivity contribution >= 4 is 22.1 Å². The molecule has 0 aliphatic heterocycles. The van der Waals surface area contributed by atoms with Crippen molar-refractivity contribution in [1.82, 2.24) is 0 Å². The minimum Gasteiger partial charge on any atom is -1.00 e. The molecule has 0 N–H and O–H groups in total. The molecule has 0 amide bonds. The highest BCUT2D eigenvalue weighted by Gasteiger charge is 2.13. The molecule has 0 aliphatic carbocycles. The molecule has 0 fully saturated rings. The van der Waals surface area contributed by atoms with Crippen molar-refractivity contribution in [3.05, 3.63) is 41.4 Å². The fourth-order valence-corrected chi connectivity index (χ4v) is 1.74. The Hall–Kier alpha value is -1.79. The van der Waals surface area contributed by atoms with Crippen LogP contribution in [0.5, 0.6) is 0 Å². The van der Waals surface area contributed by atoms with E-state index in [2.05, 4.69) is 4.98 Å². The molecular weight excluding hydrogens is 222 g/mol. The van der Waals surface area contributed by atoms with Gasteiger partial charge in [-0.1, -0.05) is 18.2 Å². The maximum absolute atomic E-state index is 8.88. The van der Waals surface area contributed by atoms with Gasteiger partial charge >= 0.3 is 5.69 Å². The highest BCUT2D eigenvalue weighted by atomic mass is 35.5. The molecule has 82 valence electrons. The van der Waals surface area contributed by atoms with E-state index < -0.39 is 0 Å². The molecular formula is C12H12ClN3. The second kappa shape index (κ2) is 4.82. The molecule has 0 atom stereocenters. The Morgan fingerprint density at radius 1 is 1.00 bits per heavy atom. The zero-order chi connectivity index (χ0) is 10.8. The molecule has 2 aromatic rings. The van der Waals surface area contributed by atoms with E-state index >= 15 is 0 Å². The summed E-state index contributed by atoms with van der Waals surface area (Å²) < 4.78 is 0. The first-order valence-electron chi connectivity index (χ1n) is 4.78. The van der Waals surface area contributed by atoms with Gasteiger partial charge in [-0.15, -0.1) is 0 Å². The van der Waals surface area contributed by atoms with Gasteiger partial charge in [0, 0.05) is 31.2 Å². The van der Waals surface area contributed by atoms with E-state index in [4.69, 9.17) is 5.39 Å². The van der Waals surface area contributed by atoms with Crippen LogP contribution in [0.25, 0.3) is 15.7 Å². The van der Waals surface area contributed by atoms with Crippen molar-refractivity contribution in [1.29, 1.82) is 5.39 Å². The van der Waals surface area contributed by atoms with Gasteiger partial charge in [-0.05, 0) is 12.1 Å². The Labute approximate surface area is 101 Å². The number of rotatable bonds is 1. The maximum atomic E-state index is 8.88. The SMILES string of the molecule is CN(C)c1ccc([N+]#N)c2ccccc12.[Cl-]. The van der Waals surface area contributed by atoms with Crippen LogP contribution in [0.4, 0.5) is 11.4 Å². The molecule has 0 saturated carbocycles. The predicted molar refractivity (Wildman–Crippen MR) is 63.0 cm³/mol. The van der Waals surface area contributed by atoms with Crippen molar-refractivity contribution in [3.8, 4) is 0 Å². The Kier molecular flexibility index (Phi) is 3.70. The molecule has 2 rings (SSSR count). The molecule has 0 unspecified atom stereocenters.